The van der Waals surface area contributed by atoms with E-state index in [-0.39, 0.29) is 19.0 Å². The molecule has 0 fully saturated rings. The third kappa shape index (κ3) is 7.53. The third-order valence-corrected chi connectivity index (χ3v) is 4.13. The molecule has 0 amide bonds. The van der Waals surface area contributed by atoms with Crippen LogP contribution >= 0.6 is 0 Å². The minimum atomic E-state index is -0.637. The molecule has 146 valence electrons. The molecule has 6 heteroatoms. The zero-order chi connectivity index (χ0) is 19.5. The molecule has 1 N–H and O–H groups in total. The lowest BCUT2D eigenvalue weighted by Gasteiger charge is -2.25. The molecule has 0 aliphatic heterocycles. The molecule has 0 radical (unpaired) electrons. The van der Waals surface area contributed by atoms with E-state index in [2.05, 4.69) is 15.4 Å². The highest BCUT2D eigenvalue weighted by Gasteiger charge is 2.14. The number of benzene rings is 1. The molecule has 5 nitrogen and oxygen atoms in total. The van der Waals surface area contributed by atoms with Gasteiger partial charge in [-0.05, 0) is 29.8 Å². The Hall–Kier alpha value is -2.17. The molecule has 2 aromatic rings. The summed E-state index contributed by atoms with van der Waals surface area (Å²) in [5, 5.41) is 10.2. The summed E-state index contributed by atoms with van der Waals surface area (Å²) in [7, 11) is 1.65. The van der Waals surface area contributed by atoms with Gasteiger partial charge in [-0.25, -0.2) is 4.39 Å². The second-order valence-electron chi connectivity index (χ2n) is 6.36. The van der Waals surface area contributed by atoms with Crippen LogP contribution < -0.4 is 0 Å². The van der Waals surface area contributed by atoms with Gasteiger partial charge in [-0.3, -0.25) is 4.90 Å². The molecule has 0 saturated heterocycles. The first kappa shape index (κ1) is 21.1. The topological polar surface area (TPSA) is 46.9 Å². The summed E-state index contributed by atoms with van der Waals surface area (Å²) in [4.78, 5) is 2.10. The van der Waals surface area contributed by atoms with Gasteiger partial charge in [0.25, 0.3) is 0 Å². The molecule has 1 aromatic heterocycles. The van der Waals surface area contributed by atoms with E-state index in [1.165, 1.54) is 6.07 Å². The van der Waals surface area contributed by atoms with Crippen molar-refractivity contribution in [2.75, 3.05) is 40.0 Å². The second-order valence-corrected chi connectivity index (χ2v) is 6.36. The average Bonchev–Trinajstić information content (AvgIpc) is 3.06. The maximum atomic E-state index is 13.4. The van der Waals surface area contributed by atoms with Crippen LogP contribution in [0.5, 0.6) is 0 Å². The van der Waals surface area contributed by atoms with Gasteiger partial charge >= 0.3 is 0 Å². The number of aliphatic hydroxyl groups is 1. The van der Waals surface area contributed by atoms with Crippen molar-refractivity contribution in [3.05, 3.63) is 59.7 Å². The van der Waals surface area contributed by atoms with E-state index in [1.807, 2.05) is 24.4 Å². The van der Waals surface area contributed by atoms with Gasteiger partial charge in [0, 0.05) is 45.2 Å². The summed E-state index contributed by atoms with van der Waals surface area (Å²) in [5.41, 5.74) is 1.98. The Kier molecular flexibility index (Phi) is 9.02. The van der Waals surface area contributed by atoms with Gasteiger partial charge in [0.15, 0.2) is 0 Å². The monoisotopic (exact) mass is 374 g/mol. The Labute approximate surface area is 160 Å². The molecule has 1 unspecified atom stereocenters. The molecule has 0 aliphatic carbocycles. The van der Waals surface area contributed by atoms with Gasteiger partial charge in [-0.1, -0.05) is 18.1 Å². The van der Waals surface area contributed by atoms with E-state index in [9.17, 15) is 9.50 Å². The van der Waals surface area contributed by atoms with Gasteiger partial charge in [0.1, 0.15) is 12.4 Å². The summed E-state index contributed by atoms with van der Waals surface area (Å²) in [6.07, 6.45) is 6.49. The summed E-state index contributed by atoms with van der Waals surface area (Å²) in [6.45, 7) is 3.28. The van der Waals surface area contributed by atoms with E-state index >= 15 is 0 Å². The van der Waals surface area contributed by atoms with Crippen LogP contribution in [0.25, 0.3) is 0 Å². The number of hydrogen-bond donors (Lipinski definition) is 1. The van der Waals surface area contributed by atoms with E-state index in [1.54, 1.807) is 19.2 Å². The Balaban J connectivity index is 2.00. The van der Waals surface area contributed by atoms with E-state index in [0.717, 1.165) is 11.3 Å². The Morgan fingerprint density at radius 2 is 2.19 bits per heavy atom. The first-order valence-corrected chi connectivity index (χ1v) is 8.91. The molecule has 0 saturated carbocycles. The van der Waals surface area contributed by atoms with Crippen molar-refractivity contribution in [1.82, 2.24) is 9.47 Å². The van der Waals surface area contributed by atoms with Crippen LogP contribution in [0, 0.1) is 18.2 Å². The average molecular weight is 374 g/mol. The molecule has 27 heavy (non-hydrogen) atoms. The fourth-order valence-corrected chi connectivity index (χ4v) is 2.87. The number of rotatable bonds is 12. The quantitative estimate of drug-likeness (QED) is 0.457. The Bertz CT molecular complexity index is 726. The summed E-state index contributed by atoms with van der Waals surface area (Å²) in [6, 6.07) is 10.6. The van der Waals surface area contributed by atoms with Gasteiger partial charge < -0.3 is 19.1 Å². The van der Waals surface area contributed by atoms with Gasteiger partial charge in [-0.15, -0.1) is 6.42 Å². The van der Waals surface area contributed by atoms with Crippen molar-refractivity contribution >= 4 is 0 Å². The zero-order valence-electron chi connectivity index (χ0n) is 15.7. The standard InChI is InChI=1S/C21H27FN2O3/c1-3-11-27-17-21(25)16-23(10-12-26-2)15-20-8-5-9-24(20)14-18-6-4-7-19(22)13-18/h1,4-9,13,21,25H,10-12,14-17H2,2H3. The van der Waals surface area contributed by atoms with Crippen LogP contribution in [0.1, 0.15) is 11.3 Å². The lowest BCUT2D eigenvalue weighted by Crippen LogP contribution is -2.37. The smallest absolute Gasteiger partial charge is 0.123 e. The second kappa shape index (κ2) is 11.5. The maximum absolute atomic E-state index is 13.4. The van der Waals surface area contributed by atoms with Crippen molar-refractivity contribution in [2.24, 2.45) is 0 Å². The highest BCUT2D eigenvalue weighted by atomic mass is 19.1. The minimum Gasteiger partial charge on any atom is -0.389 e. The van der Waals surface area contributed by atoms with Crippen molar-refractivity contribution in [2.45, 2.75) is 19.2 Å². The highest BCUT2D eigenvalue weighted by molar-refractivity contribution is 5.18. The highest BCUT2D eigenvalue weighted by Crippen LogP contribution is 2.12. The number of hydrogen-bond acceptors (Lipinski definition) is 4. The van der Waals surface area contributed by atoms with Crippen LogP contribution in [-0.2, 0) is 22.6 Å². The number of aromatic nitrogens is 1. The summed E-state index contributed by atoms with van der Waals surface area (Å²) >= 11 is 0. The lowest BCUT2D eigenvalue weighted by atomic mass is 10.2. The van der Waals surface area contributed by atoms with Gasteiger partial charge in [-0.2, -0.15) is 0 Å². The molecule has 0 bridgehead atoms. The van der Waals surface area contributed by atoms with Crippen molar-refractivity contribution < 1.29 is 19.0 Å². The molecule has 1 aromatic carbocycles. The van der Waals surface area contributed by atoms with Crippen LogP contribution in [0.15, 0.2) is 42.6 Å². The Morgan fingerprint density at radius 3 is 2.93 bits per heavy atom. The summed E-state index contributed by atoms with van der Waals surface area (Å²) < 4.78 is 25.9. The Morgan fingerprint density at radius 1 is 1.33 bits per heavy atom. The molecular formula is C21H27FN2O3. The number of aliphatic hydroxyl groups excluding tert-OH is 1. The SMILES string of the molecule is C#CCOCC(O)CN(CCOC)Cc1cccn1Cc1cccc(F)c1. The maximum Gasteiger partial charge on any atom is 0.123 e. The molecule has 1 heterocycles. The minimum absolute atomic E-state index is 0.186. The van der Waals surface area contributed by atoms with Crippen LogP contribution in [0.3, 0.4) is 0 Å². The van der Waals surface area contributed by atoms with Gasteiger partial charge in [0.2, 0.25) is 0 Å². The number of ether oxygens (including phenoxy) is 2. The fraction of sp³-hybridized carbons (Fsp3) is 0.429. The van der Waals surface area contributed by atoms with Crippen molar-refractivity contribution in [1.29, 1.82) is 0 Å². The predicted octanol–water partition coefficient (Wildman–Crippen LogP) is 2.13. The van der Waals surface area contributed by atoms with E-state index in [4.69, 9.17) is 15.9 Å². The van der Waals surface area contributed by atoms with E-state index < -0.39 is 6.10 Å². The van der Waals surface area contributed by atoms with Crippen molar-refractivity contribution in [3.63, 3.8) is 0 Å². The first-order chi connectivity index (χ1) is 13.1. The summed E-state index contributed by atoms with van der Waals surface area (Å²) in [5.74, 6) is 2.15. The molecule has 1 atom stereocenters. The molecule has 0 aliphatic rings. The number of terminal acetylenes is 1. The van der Waals surface area contributed by atoms with Gasteiger partial charge in [0.05, 0.1) is 19.3 Å². The molecule has 2 rings (SSSR count). The normalized spacial score (nSPS) is 12.3. The molecule has 0 spiro atoms. The van der Waals surface area contributed by atoms with Crippen LogP contribution in [0.2, 0.25) is 0 Å². The number of methoxy groups -OCH3 is 1. The zero-order valence-corrected chi connectivity index (χ0v) is 15.7. The van der Waals surface area contributed by atoms with Crippen molar-refractivity contribution in [3.8, 4) is 12.3 Å². The lowest BCUT2D eigenvalue weighted by molar-refractivity contribution is 0.0202. The predicted molar refractivity (Wildman–Crippen MR) is 103 cm³/mol. The third-order valence-electron chi connectivity index (χ3n) is 4.13. The van der Waals surface area contributed by atoms with Crippen LogP contribution in [0.4, 0.5) is 4.39 Å². The largest absolute Gasteiger partial charge is 0.389 e. The number of halogens is 1. The van der Waals surface area contributed by atoms with Crippen LogP contribution in [-0.4, -0.2) is 60.7 Å². The molecular weight excluding hydrogens is 347 g/mol. The number of nitrogens with zero attached hydrogens (tertiary/aromatic N) is 2. The van der Waals surface area contributed by atoms with E-state index in [0.29, 0.717) is 32.8 Å². The fourth-order valence-electron chi connectivity index (χ4n) is 2.87. The first-order valence-electron chi connectivity index (χ1n) is 8.91.